The summed E-state index contributed by atoms with van der Waals surface area (Å²) in [5, 5.41) is 2.79. The van der Waals surface area contributed by atoms with Crippen molar-refractivity contribution in [1.29, 1.82) is 0 Å². The third-order valence-corrected chi connectivity index (χ3v) is 2.45. The molecule has 5 nitrogen and oxygen atoms in total. The van der Waals surface area contributed by atoms with Crippen molar-refractivity contribution in [2.45, 2.75) is 19.9 Å². The van der Waals surface area contributed by atoms with Crippen molar-refractivity contribution in [3.8, 4) is 5.75 Å². The lowest BCUT2D eigenvalue weighted by atomic mass is 10.2. The lowest BCUT2D eigenvalue weighted by Crippen LogP contribution is -2.15. The molecule has 1 aromatic rings. The zero-order valence-electron chi connectivity index (χ0n) is 10.9. The molecule has 0 heterocycles. The molecule has 1 rings (SSSR count). The van der Waals surface area contributed by atoms with E-state index in [-0.39, 0.29) is 5.91 Å². The van der Waals surface area contributed by atoms with Crippen LogP contribution in [0.4, 0.5) is 5.69 Å². The maximum Gasteiger partial charge on any atom is 0.226 e. The van der Waals surface area contributed by atoms with Gasteiger partial charge in [-0.05, 0) is 24.6 Å². The largest absolute Gasteiger partial charge is 0.495 e. The molecule has 0 unspecified atom stereocenters. The number of carbonyl (C=O) groups excluding carboxylic acids is 1. The molecule has 0 aliphatic carbocycles. The summed E-state index contributed by atoms with van der Waals surface area (Å²) in [5.41, 5.74) is 7.15. The van der Waals surface area contributed by atoms with Gasteiger partial charge in [-0.1, -0.05) is 6.07 Å². The molecule has 0 radical (unpaired) electrons. The van der Waals surface area contributed by atoms with Gasteiger partial charge >= 0.3 is 0 Å². The monoisotopic (exact) mass is 252 g/mol. The lowest BCUT2D eigenvalue weighted by molar-refractivity contribution is -0.117. The summed E-state index contributed by atoms with van der Waals surface area (Å²) in [6.07, 6.45) is 0.329. The zero-order chi connectivity index (χ0) is 13.4. The maximum atomic E-state index is 11.6. The number of rotatable bonds is 7. The minimum atomic E-state index is -0.0951. The Morgan fingerprint density at radius 2 is 2.22 bits per heavy atom. The van der Waals surface area contributed by atoms with E-state index in [0.29, 0.717) is 37.6 Å². The summed E-state index contributed by atoms with van der Waals surface area (Å²) < 4.78 is 10.3. The molecular weight excluding hydrogens is 232 g/mol. The summed E-state index contributed by atoms with van der Waals surface area (Å²) in [4.78, 5) is 11.6. The highest BCUT2D eigenvalue weighted by Crippen LogP contribution is 2.25. The van der Waals surface area contributed by atoms with Crippen LogP contribution in [-0.4, -0.2) is 26.2 Å². The molecule has 0 aliphatic rings. The highest BCUT2D eigenvalue weighted by Gasteiger charge is 2.08. The number of hydrogen-bond acceptors (Lipinski definition) is 4. The molecule has 1 aromatic carbocycles. The molecule has 0 aliphatic heterocycles. The third-order valence-electron chi connectivity index (χ3n) is 2.45. The Hall–Kier alpha value is -1.59. The maximum absolute atomic E-state index is 11.6. The van der Waals surface area contributed by atoms with Gasteiger partial charge in [-0.15, -0.1) is 0 Å². The lowest BCUT2D eigenvalue weighted by Gasteiger charge is -2.11. The Bertz CT molecular complexity index is 394. The van der Waals surface area contributed by atoms with Crippen LogP contribution in [0.3, 0.4) is 0 Å². The van der Waals surface area contributed by atoms with Crippen LogP contribution in [0.2, 0.25) is 0 Å². The second kappa shape index (κ2) is 7.68. The SMILES string of the molecule is CCOCCC(=O)Nc1ccc(CN)cc1OC. The molecular formula is C13H20N2O3. The molecule has 0 spiro atoms. The average Bonchev–Trinajstić information content (AvgIpc) is 2.39. The van der Waals surface area contributed by atoms with Crippen LogP contribution in [0.25, 0.3) is 0 Å². The van der Waals surface area contributed by atoms with Gasteiger partial charge in [0.15, 0.2) is 0 Å². The van der Waals surface area contributed by atoms with Gasteiger partial charge in [0, 0.05) is 13.2 Å². The fraction of sp³-hybridized carbons (Fsp3) is 0.462. The molecule has 0 saturated carbocycles. The van der Waals surface area contributed by atoms with E-state index in [0.717, 1.165) is 5.56 Å². The zero-order valence-corrected chi connectivity index (χ0v) is 10.9. The first kappa shape index (κ1) is 14.5. The van der Waals surface area contributed by atoms with Crippen molar-refractivity contribution in [3.05, 3.63) is 23.8 Å². The van der Waals surface area contributed by atoms with Crippen molar-refractivity contribution >= 4 is 11.6 Å². The van der Waals surface area contributed by atoms with Crippen molar-refractivity contribution in [1.82, 2.24) is 0 Å². The average molecular weight is 252 g/mol. The predicted octanol–water partition coefficient (Wildman–Crippen LogP) is 1.52. The van der Waals surface area contributed by atoms with Crippen LogP contribution in [0.5, 0.6) is 5.75 Å². The first-order valence-electron chi connectivity index (χ1n) is 5.95. The van der Waals surface area contributed by atoms with Crippen LogP contribution in [0, 0.1) is 0 Å². The number of amides is 1. The molecule has 100 valence electrons. The number of methoxy groups -OCH3 is 1. The second-order valence-electron chi connectivity index (χ2n) is 3.73. The molecule has 18 heavy (non-hydrogen) atoms. The minimum Gasteiger partial charge on any atom is -0.495 e. The second-order valence-corrected chi connectivity index (χ2v) is 3.73. The molecule has 1 amide bonds. The highest BCUT2D eigenvalue weighted by atomic mass is 16.5. The van der Waals surface area contributed by atoms with Crippen molar-refractivity contribution in [3.63, 3.8) is 0 Å². The fourth-order valence-electron chi connectivity index (χ4n) is 1.49. The van der Waals surface area contributed by atoms with E-state index in [1.165, 1.54) is 0 Å². The first-order chi connectivity index (χ1) is 8.71. The minimum absolute atomic E-state index is 0.0951. The molecule has 0 bridgehead atoms. The summed E-state index contributed by atoms with van der Waals surface area (Å²) >= 11 is 0. The number of nitrogens with two attached hydrogens (primary N) is 1. The molecule has 3 N–H and O–H groups in total. The van der Waals surface area contributed by atoms with Crippen LogP contribution >= 0.6 is 0 Å². The first-order valence-corrected chi connectivity index (χ1v) is 5.95. The summed E-state index contributed by atoms with van der Waals surface area (Å²) in [6.45, 7) is 3.37. The normalized spacial score (nSPS) is 10.2. The van der Waals surface area contributed by atoms with E-state index < -0.39 is 0 Å². The Balaban J connectivity index is 2.63. The van der Waals surface area contributed by atoms with Crippen LogP contribution < -0.4 is 15.8 Å². The van der Waals surface area contributed by atoms with Gasteiger partial charge in [0.1, 0.15) is 5.75 Å². The van der Waals surface area contributed by atoms with Crippen LogP contribution in [-0.2, 0) is 16.1 Å². The van der Waals surface area contributed by atoms with Crippen LogP contribution in [0.1, 0.15) is 18.9 Å². The van der Waals surface area contributed by atoms with E-state index in [4.69, 9.17) is 15.2 Å². The molecule has 0 aromatic heterocycles. The molecule has 0 atom stereocenters. The van der Waals surface area contributed by atoms with Gasteiger partial charge in [0.25, 0.3) is 0 Å². The number of nitrogens with one attached hydrogen (secondary N) is 1. The molecule has 0 fully saturated rings. The van der Waals surface area contributed by atoms with Gasteiger partial charge < -0.3 is 20.5 Å². The summed E-state index contributed by atoms with van der Waals surface area (Å²) in [5.74, 6) is 0.518. The third kappa shape index (κ3) is 4.35. The van der Waals surface area contributed by atoms with Crippen molar-refractivity contribution in [2.75, 3.05) is 25.6 Å². The van der Waals surface area contributed by atoms with Gasteiger partial charge in [-0.2, -0.15) is 0 Å². The fourth-order valence-corrected chi connectivity index (χ4v) is 1.49. The Morgan fingerprint density at radius 3 is 2.83 bits per heavy atom. The number of ether oxygens (including phenoxy) is 2. The number of anilines is 1. The van der Waals surface area contributed by atoms with Crippen molar-refractivity contribution < 1.29 is 14.3 Å². The van der Waals surface area contributed by atoms with E-state index in [1.807, 2.05) is 19.1 Å². The Morgan fingerprint density at radius 1 is 1.44 bits per heavy atom. The predicted molar refractivity (Wildman–Crippen MR) is 70.6 cm³/mol. The van der Waals surface area contributed by atoms with Crippen LogP contribution in [0.15, 0.2) is 18.2 Å². The number of hydrogen-bond donors (Lipinski definition) is 2. The van der Waals surface area contributed by atoms with Gasteiger partial charge in [0.05, 0.1) is 25.8 Å². The van der Waals surface area contributed by atoms with E-state index in [9.17, 15) is 4.79 Å². The number of carbonyl (C=O) groups is 1. The van der Waals surface area contributed by atoms with E-state index in [1.54, 1.807) is 13.2 Å². The highest BCUT2D eigenvalue weighted by molar-refractivity contribution is 5.92. The molecule has 5 heteroatoms. The van der Waals surface area contributed by atoms with Gasteiger partial charge in [0.2, 0.25) is 5.91 Å². The summed E-state index contributed by atoms with van der Waals surface area (Å²) in [6, 6.07) is 5.47. The van der Waals surface area contributed by atoms with E-state index in [2.05, 4.69) is 5.32 Å². The quantitative estimate of drug-likeness (QED) is 0.722. The smallest absolute Gasteiger partial charge is 0.226 e. The Labute approximate surface area is 107 Å². The number of benzene rings is 1. The molecule has 0 saturated heterocycles. The standard InChI is InChI=1S/C13H20N2O3/c1-3-18-7-6-13(16)15-11-5-4-10(9-14)8-12(11)17-2/h4-5,8H,3,6-7,9,14H2,1-2H3,(H,15,16). The van der Waals surface area contributed by atoms with E-state index >= 15 is 0 Å². The summed E-state index contributed by atoms with van der Waals surface area (Å²) in [7, 11) is 1.56. The topological polar surface area (TPSA) is 73.6 Å². The van der Waals surface area contributed by atoms with Gasteiger partial charge in [-0.25, -0.2) is 0 Å². The Kier molecular flexibility index (Phi) is 6.18. The van der Waals surface area contributed by atoms with Crippen molar-refractivity contribution in [2.24, 2.45) is 5.73 Å². The van der Waals surface area contributed by atoms with Gasteiger partial charge in [-0.3, -0.25) is 4.79 Å².